The lowest BCUT2D eigenvalue weighted by Gasteiger charge is -2.30. The third-order valence-electron chi connectivity index (χ3n) is 7.93. The van der Waals surface area contributed by atoms with Crippen LogP contribution in [0.15, 0.2) is 95.9 Å². The van der Waals surface area contributed by atoms with Crippen molar-refractivity contribution < 1.29 is 33.1 Å². The first-order valence-corrected chi connectivity index (χ1v) is 17.3. The lowest BCUT2D eigenvalue weighted by molar-refractivity contribution is -0.124. The van der Waals surface area contributed by atoms with Crippen molar-refractivity contribution in [2.75, 3.05) is 26.5 Å². The van der Waals surface area contributed by atoms with Gasteiger partial charge in [-0.3, -0.25) is 4.79 Å². The summed E-state index contributed by atoms with van der Waals surface area (Å²) in [7, 11) is -1.60. The fourth-order valence-electron chi connectivity index (χ4n) is 5.50. The minimum atomic E-state index is -1.60. The van der Waals surface area contributed by atoms with Crippen molar-refractivity contribution in [3.05, 3.63) is 113 Å². The van der Waals surface area contributed by atoms with E-state index in [-0.39, 0.29) is 31.8 Å². The minimum absolute atomic E-state index is 0.0558. The number of carbonyl (C=O) groups is 1. The highest BCUT2D eigenvalue weighted by Gasteiger charge is 2.28. The average molecular weight is 673 g/mol. The number of rotatable bonds is 16. The normalized spacial score (nSPS) is 14.1. The van der Waals surface area contributed by atoms with E-state index >= 15 is 0 Å². The van der Waals surface area contributed by atoms with Gasteiger partial charge in [-0.2, -0.15) is 0 Å². The standard InChI is InChI=1S/C38H44N2O7S/c1-26(2)21-40(48(43)32-17-18-35-36(20-32)47-25-46-35)22-34(41)33(39-37(42)24-45-38-27(3)9-8-10-28(38)4)19-29-13-15-31(16-14-29)44-23-30-11-6-5-7-12-30/h5-18,20,26,33-34,41H,19,21-25H2,1-4H3,(H,39,42)/t33-,34+,48?/m0/s1. The maximum atomic E-state index is 13.9. The third kappa shape index (κ3) is 9.59. The highest BCUT2D eigenvalue weighted by atomic mass is 32.2. The summed E-state index contributed by atoms with van der Waals surface area (Å²) in [6, 6.07) is 27.9. The average Bonchev–Trinajstić information content (AvgIpc) is 3.55. The Labute approximate surface area is 285 Å². The van der Waals surface area contributed by atoms with Crippen molar-refractivity contribution in [2.24, 2.45) is 5.92 Å². The number of aryl methyl sites for hydroxylation is 2. The summed E-state index contributed by atoms with van der Waals surface area (Å²) >= 11 is 0. The van der Waals surface area contributed by atoms with Crippen LogP contribution >= 0.6 is 0 Å². The van der Waals surface area contributed by atoms with E-state index in [0.717, 1.165) is 22.3 Å². The van der Waals surface area contributed by atoms with Gasteiger partial charge in [0.05, 0.1) is 17.0 Å². The highest BCUT2D eigenvalue weighted by Crippen LogP contribution is 2.34. The molecule has 1 unspecified atom stereocenters. The largest absolute Gasteiger partial charge is 0.489 e. The molecule has 1 aliphatic heterocycles. The lowest BCUT2D eigenvalue weighted by atomic mass is 10.0. The molecule has 0 saturated heterocycles. The summed E-state index contributed by atoms with van der Waals surface area (Å²) in [5.74, 6) is 2.32. The highest BCUT2D eigenvalue weighted by molar-refractivity contribution is 7.82. The molecule has 0 radical (unpaired) electrons. The SMILES string of the molecule is Cc1cccc(C)c1OCC(=O)N[C@@H](Cc1ccc(OCc2ccccc2)cc1)[C@H](O)CN(CC(C)C)S(=O)c1ccc2c(c1)OCO2. The van der Waals surface area contributed by atoms with E-state index in [1.807, 2.05) is 100 Å². The summed E-state index contributed by atoms with van der Waals surface area (Å²) in [4.78, 5) is 13.8. The molecule has 1 amide bonds. The molecule has 48 heavy (non-hydrogen) atoms. The predicted molar refractivity (Wildman–Crippen MR) is 186 cm³/mol. The van der Waals surface area contributed by atoms with Crippen molar-refractivity contribution in [3.8, 4) is 23.0 Å². The summed E-state index contributed by atoms with van der Waals surface area (Å²) in [5.41, 5.74) is 3.84. The zero-order valence-electron chi connectivity index (χ0n) is 27.9. The molecule has 4 aromatic rings. The van der Waals surface area contributed by atoms with Gasteiger partial charge in [0.1, 0.15) is 29.1 Å². The summed E-state index contributed by atoms with van der Waals surface area (Å²) in [5, 5.41) is 14.7. The molecule has 0 saturated carbocycles. The van der Waals surface area contributed by atoms with Crippen LogP contribution in [0.25, 0.3) is 0 Å². The number of carbonyl (C=O) groups excluding carboxylic acids is 1. The van der Waals surface area contributed by atoms with Gasteiger partial charge >= 0.3 is 0 Å². The molecule has 9 nitrogen and oxygen atoms in total. The molecule has 0 aromatic heterocycles. The van der Waals surface area contributed by atoms with E-state index in [0.29, 0.717) is 47.5 Å². The quantitative estimate of drug-likeness (QED) is 0.156. The van der Waals surface area contributed by atoms with Crippen molar-refractivity contribution in [3.63, 3.8) is 0 Å². The van der Waals surface area contributed by atoms with Gasteiger partial charge < -0.3 is 29.4 Å². The molecule has 3 atom stereocenters. The Morgan fingerprint density at radius 1 is 0.875 bits per heavy atom. The van der Waals surface area contributed by atoms with Gasteiger partial charge in [-0.15, -0.1) is 0 Å². The molecule has 254 valence electrons. The van der Waals surface area contributed by atoms with Crippen LogP contribution in [0.2, 0.25) is 0 Å². The fourth-order valence-corrected chi connectivity index (χ4v) is 6.91. The van der Waals surface area contributed by atoms with Gasteiger partial charge in [-0.25, -0.2) is 8.51 Å². The maximum absolute atomic E-state index is 13.9. The van der Waals surface area contributed by atoms with Gasteiger partial charge in [-0.1, -0.05) is 74.5 Å². The van der Waals surface area contributed by atoms with Crippen molar-refractivity contribution in [1.29, 1.82) is 0 Å². The molecule has 2 N–H and O–H groups in total. The second-order valence-corrected chi connectivity index (χ2v) is 13.9. The van der Waals surface area contributed by atoms with Crippen LogP contribution in [-0.2, 0) is 28.8 Å². The topological polar surface area (TPSA) is 107 Å². The smallest absolute Gasteiger partial charge is 0.258 e. The predicted octanol–water partition coefficient (Wildman–Crippen LogP) is 5.76. The van der Waals surface area contributed by atoms with Crippen LogP contribution in [0, 0.1) is 19.8 Å². The van der Waals surface area contributed by atoms with Gasteiger partial charge in [0, 0.05) is 19.2 Å². The number of hydrogen-bond acceptors (Lipinski definition) is 7. The number of amides is 1. The first-order chi connectivity index (χ1) is 23.2. The van der Waals surface area contributed by atoms with Crippen molar-refractivity contribution in [2.45, 2.75) is 57.8 Å². The second kappa shape index (κ2) is 16.6. The number of aliphatic hydroxyl groups excluding tert-OH is 1. The molecule has 10 heteroatoms. The van der Waals surface area contributed by atoms with Crippen LogP contribution in [0.5, 0.6) is 23.0 Å². The Bertz CT molecular complexity index is 1660. The zero-order chi connectivity index (χ0) is 34.0. The van der Waals surface area contributed by atoms with Crippen LogP contribution < -0.4 is 24.3 Å². The van der Waals surface area contributed by atoms with Crippen LogP contribution in [-0.4, -0.2) is 58.2 Å². The minimum Gasteiger partial charge on any atom is -0.489 e. The second-order valence-electron chi connectivity index (χ2n) is 12.4. The third-order valence-corrected chi connectivity index (χ3v) is 9.36. The summed E-state index contributed by atoms with van der Waals surface area (Å²) in [6.45, 7) is 8.80. The number of para-hydroxylation sites is 1. The Morgan fingerprint density at radius 2 is 1.58 bits per heavy atom. The van der Waals surface area contributed by atoms with E-state index in [9.17, 15) is 14.1 Å². The fraction of sp³-hybridized carbons (Fsp3) is 0.342. The molecule has 1 heterocycles. The molecule has 0 fully saturated rings. The Balaban J connectivity index is 1.31. The molecular weight excluding hydrogens is 628 g/mol. The molecule has 4 aromatic carbocycles. The van der Waals surface area contributed by atoms with E-state index in [4.69, 9.17) is 18.9 Å². The number of nitrogens with zero attached hydrogens (tertiary/aromatic N) is 1. The maximum Gasteiger partial charge on any atom is 0.258 e. The summed E-state index contributed by atoms with van der Waals surface area (Å²) < 4.78 is 38.4. The Kier molecular flexibility index (Phi) is 12.1. The van der Waals surface area contributed by atoms with Crippen molar-refractivity contribution >= 4 is 16.9 Å². The Hall–Kier alpha value is -4.38. The number of hydrogen-bond donors (Lipinski definition) is 2. The van der Waals surface area contributed by atoms with E-state index in [2.05, 4.69) is 5.32 Å². The molecule has 5 rings (SSSR count). The van der Waals surface area contributed by atoms with Crippen molar-refractivity contribution in [1.82, 2.24) is 9.62 Å². The van der Waals surface area contributed by atoms with E-state index in [1.165, 1.54) is 0 Å². The first-order valence-electron chi connectivity index (χ1n) is 16.1. The van der Waals surface area contributed by atoms with Gasteiger partial charge in [0.25, 0.3) is 5.91 Å². The van der Waals surface area contributed by atoms with Gasteiger partial charge in [0.15, 0.2) is 18.1 Å². The number of ether oxygens (including phenoxy) is 4. The summed E-state index contributed by atoms with van der Waals surface area (Å²) in [6.07, 6.45) is -0.721. The number of fused-ring (bicyclic) bond motifs is 1. The zero-order valence-corrected chi connectivity index (χ0v) is 28.7. The van der Waals surface area contributed by atoms with Gasteiger partial charge in [-0.05, 0) is 72.7 Å². The number of aliphatic hydroxyl groups is 1. The van der Waals surface area contributed by atoms with Gasteiger partial charge in [0.2, 0.25) is 6.79 Å². The van der Waals surface area contributed by atoms with Crippen LogP contribution in [0.3, 0.4) is 0 Å². The lowest BCUT2D eigenvalue weighted by Crippen LogP contribution is -2.51. The molecule has 1 aliphatic rings. The number of benzene rings is 4. The van der Waals surface area contributed by atoms with Crippen LogP contribution in [0.4, 0.5) is 0 Å². The first kappa shape index (κ1) is 34.9. The molecule has 0 aliphatic carbocycles. The monoisotopic (exact) mass is 672 g/mol. The van der Waals surface area contributed by atoms with Crippen LogP contribution in [0.1, 0.15) is 36.1 Å². The van der Waals surface area contributed by atoms with E-state index < -0.39 is 23.1 Å². The Morgan fingerprint density at radius 3 is 2.29 bits per heavy atom. The number of nitrogens with one attached hydrogen (secondary N) is 1. The molecular formula is C38H44N2O7S. The molecule has 0 bridgehead atoms. The van der Waals surface area contributed by atoms with E-state index in [1.54, 1.807) is 22.5 Å². The molecule has 0 spiro atoms.